The number of nitrogens with one attached hydrogen (secondary N) is 1. The number of rotatable bonds is 6. The number of hydrogen-bond donors (Lipinski definition) is 3. The van der Waals surface area contributed by atoms with Crippen molar-refractivity contribution >= 4 is 48.9 Å². The van der Waals surface area contributed by atoms with Crippen molar-refractivity contribution in [3.63, 3.8) is 0 Å². The van der Waals surface area contributed by atoms with Crippen LogP contribution in [-0.2, 0) is 4.74 Å². The monoisotopic (exact) mass is 358 g/mol. The molecule has 0 saturated carbocycles. The molecule has 5 nitrogen and oxygen atoms in total. The van der Waals surface area contributed by atoms with Gasteiger partial charge in [0, 0.05) is 21.1 Å². The van der Waals surface area contributed by atoms with Crippen LogP contribution < -0.4 is 11.1 Å². The number of aliphatic hydroxyl groups is 1. The zero-order chi connectivity index (χ0) is 14.5. The van der Waals surface area contributed by atoms with Crippen molar-refractivity contribution < 1.29 is 14.6 Å². The Morgan fingerprint density at radius 3 is 3.00 bits per heavy atom. The standard InChI is InChI=1S/C13H15BrN2O3S/c14-8-1-2-9-10(7-8)20-12(11(9)15)13(18)16-3-5-19-6-4-17/h1-2,7,17H,3-6,15H2,(H,16,18). The number of anilines is 1. The molecular formula is C13H15BrN2O3S. The summed E-state index contributed by atoms with van der Waals surface area (Å²) in [5.74, 6) is -0.201. The number of fused-ring (bicyclic) bond motifs is 1. The number of amides is 1. The first-order chi connectivity index (χ1) is 9.63. The second kappa shape index (κ2) is 7.03. The molecule has 4 N–H and O–H groups in total. The van der Waals surface area contributed by atoms with Crippen LogP contribution in [0.15, 0.2) is 22.7 Å². The molecule has 0 spiro atoms. The fourth-order valence-electron chi connectivity index (χ4n) is 1.74. The Hall–Kier alpha value is -1.15. The average Bonchev–Trinajstić information content (AvgIpc) is 2.75. The van der Waals surface area contributed by atoms with Gasteiger partial charge in [0.05, 0.1) is 25.5 Å². The van der Waals surface area contributed by atoms with Gasteiger partial charge in [-0.05, 0) is 12.1 Å². The van der Waals surface area contributed by atoms with E-state index in [1.54, 1.807) is 0 Å². The topological polar surface area (TPSA) is 84.6 Å². The molecule has 2 rings (SSSR count). The van der Waals surface area contributed by atoms with Gasteiger partial charge in [0.15, 0.2) is 0 Å². The maximum atomic E-state index is 12.1. The summed E-state index contributed by atoms with van der Waals surface area (Å²) in [5, 5.41) is 12.2. The molecule has 1 aromatic carbocycles. The Labute approximate surface area is 128 Å². The van der Waals surface area contributed by atoms with Gasteiger partial charge in [0.1, 0.15) is 4.88 Å². The number of carbonyl (C=O) groups is 1. The number of aliphatic hydroxyl groups excluding tert-OH is 1. The number of nitrogens with two attached hydrogens (primary N) is 1. The highest BCUT2D eigenvalue weighted by molar-refractivity contribution is 9.10. The summed E-state index contributed by atoms with van der Waals surface area (Å²) in [7, 11) is 0. The van der Waals surface area contributed by atoms with E-state index in [-0.39, 0.29) is 19.1 Å². The molecule has 0 atom stereocenters. The van der Waals surface area contributed by atoms with E-state index in [1.807, 2.05) is 18.2 Å². The molecule has 0 fully saturated rings. The summed E-state index contributed by atoms with van der Waals surface area (Å²) in [4.78, 5) is 12.6. The Morgan fingerprint density at radius 2 is 2.25 bits per heavy atom. The van der Waals surface area contributed by atoms with Crippen LogP contribution in [0.3, 0.4) is 0 Å². The Kier molecular flexibility index (Phi) is 5.36. The molecule has 0 unspecified atom stereocenters. The van der Waals surface area contributed by atoms with E-state index in [0.29, 0.717) is 23.7 Å². The summed E-state index contributed by atoms with van der Waals surface area (Å²) < 4.78 is 7.00. The van der Waals surface area contributed by atoms with Gasteiger partial charge < -0.3 is 20.9 Å². The van der Waals surface area contributed by atoms with Crippen molar-refractivity contribution in [2.24, 2.45) is 0 Å². The minimum atomic E-state index is -0.201. The number of hydrogen-bond acceptors (Lipinski definition) is 5. The van der Waals surface area contributed by atoms with Crippen molar-refractivity contribution in [3.8, 4) is 0 Å². The lowest BCUT2D eigenvalue weighted by atomic mass is 10.2. The molecule has 0 aliphatic rings. The van der Waals surface area contributed by atoms with Crippen LogP contribution in [0.4, 0.5) is 5.69 Å². The molecule has 7 heteroatoms. The van der Waals surface area contributed by atoms with Crippen molar-refractivity contribution in [2.75, 3.05) is 32.1 Å². The predicted molar refractivity (Wildman–Crippen MR) is 84.2 cm³/mol. The van der Waals surface area contributed by atoms with E-state index in [4.69, 9.17) is 15.6 Å². The number of benzene rings is 1. The van der Waals surface area contributed by atoms with E-state index < -0.39 is 0 Å². The largest absolute Gasteiger partial charge is 0.397 e. The smallest absolute Gasteiger partial charge is 0.263 e. The first-order valence-corrected chi connectivity index (χ1v) is 7.68. The number of thiophene rings is 1. The normalized spacial score (nSPS) is 10.9. The van der Waals surface area contributed by atoms with Gasteiger partial charge >= 0.3 is 0 Å². The lowest BCUT2D eigenvalue weighted by molar-refractivity contribution is 0.0841. The molecule has 0 aliphatic heterocycles. The van der Waals surface area contributed by atoms with Crippen LogP contribution in [0.25, 0.3) is 10.1 Å². The summed E-state index contributed by atoms with van der Waals surface area (Å²) in [6.45, 7) is 1.000. The maximum Gasteiger partial charge on any atom is 0.263 e. The molecule has 1 aromatic heterocycles. The van der Waals surface area contributed by atoms with Gasteiger partial charge in [0.25, 0.3) is 5.91 Å². The van der Waals surface area contributed by atoms with Crippen LogP contribution in [0.5, 0.6) is 0 Å². The van der Waals surface area contributed by atoms with Gasteiger partial charge in [-0.3, -0.25) is 4.79 Å². The minimum Gasteiger partial charge on any atom is -0.397 e. The highest BCUT2D eigenvalue weighted by Crippen LogP contribution is 2.35. The molecular weight excluding hydrogens is 344 g/mol. The molecule has 1 heterocycles. The second-order valence-corrected chi connectivity index (χ2v) is 6.05. The molecule has 0 saturated heterocycles. The molecule has 0 aliphatic carbocycles. The number of nitrogen functional groups attached to an aromatic ring is 1. The third kappa shape index (κ3) is 3.49. The first-order valence-electron chi connectivity index (χ1n) is 6.08. The molecule has 2 aromatic rings. The lowest BCUT2D eigenvalue weighted by Crippen LogP contribution is -2.27. The molecule has 0 bridgehead atoms. The van der Waals surface area contributed by atoms with Gasteiger partial charge in [0.2, 0.25) is 0 Å². The van der Waals surface area contributed by atoms with E-state index in [0.717, 1.165) is 14.6 Å². The van der Waals surface area contributed by atoms with Crippen molar-refractivity contribution in [1.82, 2.24) is 5.32 Å². The summed E-state index contributed by atoms with van der Waals surface area (Å²) in [6, 6.07) is 5.74. The summed E-state index contributed by atoms with van der Waals surface area (Å²) in [6.07, 6.45) is 0. The molecule has 1 amide bonds. The van der Waals surface area contributed by atoms with Crippen molar-refractivity contribution in [3.05, 3.63) is 27.5 Å². The Bertz CT molecular complexity index is 615. The van der Waals surface area contributed by atoms with Gasteiger partial charge in [-0.1, -0.05) is 22.0 Å². The fourth-order valence-corrected chi connectivity index (χ4v) is 3.33. The third-order valence-electron chi connectivity index (χ3n) is 2.66. The molecule has 20 heavy (non-hydrogen) atoms. The van der Waals surface area contributed by atoms with E-state index in [1.165, 1.54) is 11.3 Å². The number of carbonyl (C=O) groups excluding carboxylic acids is 1. The van der Waals surface area contributed by atoms with E-state index in [2.05, 4.69) is 21.2 Å². The Balaban J connectivity index is 2.04. The quantitative estimate of drug-likeness (QED) is 0.689. The lowest BCUT2D eigenvalue weighted by Gasteiger charge is -2.04. The van der Waals surface area contributed by atoms with Gasteiger partial charge in [-0.15, -0.1) is 11.3 Å². The number of halogens is 1. The maximum absolute atomic E-state index is 12.1. The highest BCUT2D eigenvalue weighted by Gasteiger charge is 2.15. The zero-order valence-corrected chi connectivity index (χ0v) is 13.1. The summed E-state index contributed by atoms with van der Waals surface area (Å²) >= 11 is 4.76. The van der Waals surface area contributed by atoms with Gasteiger partial charge in [-0.25, -0.2) is 0 Å². The molecule has 108 valence electrons. The fraction of sp³-hybridized carbons (Fsp3) is 0.308. The first kappa shape index (κ1) is 15.2. The highest BCUT2D eigenvalue weighted by atomic mass is 79.9. The second-order valence-electron chi connectivity index (χ2n) is 4.08. The zero-order valence-electron chi connectivity index (χ0n) is 10.7. The third-order valence-corrected chi connectivity index (χ3v) is 4.32. The van der Waals surface area contributed by atoms with Crippen molar-refractivity contribution in [2.45, 2.75) is 0 Å². The number of ether oxygens (including phenoxy) is 1. The van der Waals surface area contributed by atoms with Gasteiger partial charge in [-0.2, -0.15) is 0 Å². The van der Waals surface area contributed by atoms with Crippen molar-refractivity contribution in [1.29, 1.82) is 0 Å². The van der Waals surface area contributed by atoms with Crippen LogP contribution >= 0.6 is 27.3 Å². The van der Waals surface area contributed by atoms with E-state index in [9.17, 15) is 4.79 Å². The Morgan fingerprint density at radius 1 is 1.45 bits per heavy atom. The minimum absolute atomic E-state index is 0.0217. The predicted octanol–water partition coefficient (Wildman–Crippen LogP) is 1.98. The van der Waals surface area contributed by atoms with Crippen LogP contribution in [0.2, 0.25) is 0 Å². The van der Waals surface area contributed by atoms with E-state index >= 15 is 0 Å². The molecule has 0 radical (unpaired) electrons. The summed E-state index contributed by atoms with van der Waals surface area (Å²) in [5.41, 5.74) is 6.52. The van der Waals surface area contributed by atoms with Crippen LogP contribution in [0, 0.1) is 0 Å². The SMILES string of the molecule is Nc1c(C(=O)NCCOCCO)sc2cc(Br)ccc12. The van der Waals surface area contributed by atoms with Crippen LogP contribution in [-0.4, -0.2) is 37.4 Å². The van der Waals surface area contributed by atoms with Crippen LogP contribution in [0.1, 0.15) is 9.67 Å². The average molecular weight is 359 g/mol.